The molecule has 1 aliphatic rings. The normalized spacial score (nSPS) is 18.1. The SMILES string of the molecule is CCC1(c2ccccc2)C(=O)N([Si](c2ccccc2)(c2ccccc2)c2ccccc2)C(=O)N1C(C)C. The summed E-state index contributed by atoms with van der Waals surface area (Å²) in [5.41, 5.74) is -0.229. The molecule has 0 aliphatic carbocycles. The number of carbonyl (C=O) groups is 2. The van der Waals surface area contributed by atoms with Crippen LogP contribution in [0.1, 0.15) is 32.8 Å². The molecule has 0 N–H and O–H groups in total. The maximum absolute atomic E-state index is 15.0. The summed E-state index contributed by atoms with van der Waals surface area (Å²) >= 11 is 0. The Bertz CT molecular complexity index is 1280. The predicted molar refractivity (Wildman–Crippen MR) is 152 cm³/mol. The lowest BCUT2D eigenvalue weighted by Gasteiger charge is -2.39. The van der Waals surface area contributed by atoms with Gasteiger partial charge in [0.05, 0.1) is 0 Å². The van der Waals surface area contributed by atoms with Gasteiger partial charge < -0.3 is 4.90 Å². The van der Waals surface area contributed by atoms with Gasteiger partial charge in [-0.3, -0.25) is 9.36 Å². The van der Waals surface area contributed by atoms with Crippen LogP contribution in [0.3, 0.4) is 0 Å². The van der Waals surface area contributed by atoms with E-state index in [4.69, 9.17) is 0 Å². The lowest BCUT2D eigenvalue weighted by atomic mass is 9.85. The molecule has 1 heterocycles. The summed E-state index contributed by atoms with van der Waals surface area (Å²) in [7, 11) is -3.35. The highest BCUT2D eigenvalue weighted by Gasteiger charge is 2.65. The van der Waals surface area contributed by atoms with E-state index in [2.05, 4.69) is 36.4 Å². The summed E-state index contributed by atoms with van der Waals surface area (Å²) in [6.07, 6.45) is 0.485. The van der Waals surface area contributed by atoms with Gasteiger partial charge in [-0.25, -0.2) is 4.79 Å². The molecule has 37 heavy (non-hydrogen) atoms. The summed E-state index contributed by atoms with van der Waals surface area (Å²) in [5.74, 6) is -0.150. The molecule has 3 amide bonds. The Morgan fingerprint density at radius 2 is 1.03 bits per heavy atom. The van der Waals surface area contributed by atoms with Crippen molar-refractivity contribution >= 4 is 35.7 Å². The monoisotopic (exact) mass is 504 g/mol. The fourth-order valence-corrected chi connectivity index (χ4v) is 10.7. The fraction of sp³-hybridized carbons (Fsp3) is 0.188. The summed E-state index contributed by atoms with van der Waals surface area (Å²) in [5, 5.41) is 2.99. The van der Waals surface area contributed by atoms with E-state index < -0.39 is 13.8 Å². The third-order valence-corrected chi connectivity index (χ3v) is 12.1. The first kappa shape index (κ1) is 24.7. The average Bonchev–Trinajstić information content (AvgIpc) is 3.18. The Balaban J connectivity index is 1.89. The first-order valence-corrected chi connectivity index (χ1v) is 14.8. The Labute approximate surface area is 220 Å². The number of amides is 3. The lowest BCUT2D eigenvalue weighted by Crippen LogP contribution is -2.78. The number of hydrogen-bond acceptors (Lipinski definition) is 2. The van der Waals surface area contributed by atoms with Gasteiger partial charge in [-0.05, 0) is 41.4 Å². The second kappa shape index (κ2) is 9.83. The molecule has 4 nitrogen and oxygen atoms in total. The molecule has 0 spiro atoms. The molecular formula is C32H32N2O2Si. The van der Waals surface area contributed by atoms with Crippen LogP contribution in [0.15, 0.2) is 121 Å². The molecule has 5 heteroatoms. The van der Waals surface area contributed by atoms with E-state index in [1.54, 1.807) is 4.57 Å². The van der Waals surface area contributed by atoms with Crippen LogP contribution in [0, 0.1) is 0 Å². The van der Waals surface area contributed by atoms with Crippen LogP contribution in [0.5, 0.6) is 0 Å². The highest BCUT2D eigenvalue weighted by molar-refractivity contribution is 7.11. The van der Waals surface area contributed by atoms with Gasteiger partial charge in [0.25, 0.3) is 14.1 Å². The van der Waals surface area contributed by atoms with Crippen molar-refractivity contribution < 1.29 is 9.59 Å². The summed E-state index contributed by atoms with van der Waals surface area (Å²) < 4.78 is 1.67. The number of urea groups is 1. The Hall–Kier alpha value is -3.96. The Morgan fingerprint density at radius 3 is 1.38 bits per heavy atom. The predicted octanol–water partition coefficient (Wildman–Crippen LogP) is 4.63. The first-order chi connectivity index (χ1) is 18.0. The van der Waals surface area contributed by atoms with Gasteiger partial charge in [0, 0.05) is 6.04 Å². The topological polar surface area (TPSA) is 40.6 Å². The average molecular weight is 505 g/mol. The highest BCUT2D eigenvalue weighted by atomic mass is 28.3. The Kier molecular flexibility index (Phi) is 6.57. The molecule has 1 atom stereocenters. The van der Waals surface area contributed by atoms with E-state index in [1.807, 2.05) is 111 Å². The van der Waals surface area contributed by atoms with Gasteiger partial charge in [0.2, 0.25) is 0 Å². The molecule has 0 radical (unpaired) electrons. The minimum absolute atomic E-state index is 0.150. The zero-order valence-corrected chi connectivity index (χ0v) is 22.5. The molecule has 4 aromatic carbocycles. The minimum Gasteiger partial charge on any atom is -0.304 e. The van der Waals surface area contributed by atoms with Crippen molar-refractivity contribution in [1.29, 1.82) is 0 Å². The third kappa shape index (κ3) is 3.65. The zero-order chi connectivity index (χ0) is 26.0. The summed E-state index contributed by atoms with van der Waals surface area (Å²) in [6.45, 7) is 6.01. The largest absolute Gasteiger partial charge is 0.320 e. The molecule has 0 saturated carbocycles. The molecule has 5 rings (SSSR count). The summed E-state index contributed by atoms with van der Waals surface area (Å²) in [4.78, 5) is 31.6. The molecule has 0 bridgehead atoms. The highest BCUT2D eigenvalue weighted by Crippen LogP contribution is 2.43. The van der Waals surface area contributed by atoms with Gasteiger partial charge in [0.15, 0.2) is 0 Å². The molecule has 186 valence electrons. The van der Waals surface area contributed by atoms with Crippen molar-refractivity contribution in [3.63, 3.8) is 0 Å². The molecule has 1 saturated heterocycles. The van der Waals surface area contributed by atoms with Crippen molar-refractivity contribution in [3.8, 4) is 0 Å². The van der Waals surface area contributed by atoms with Crippen LogP contribution in [0.4, 0.5) is 4.79 Å². The molecule has 0 aromatic heterocycles. The number of benzene rings is 4. The smallest absolute Gasteiger partial charge is 0.304 e. The van der Waals surface area contributed by atoms with E-state index >= 15 is 4.79 Å². The third-order valence-electron chi connectivity index (χ3n) is 7.56. The second-order valence-corrected chi connectivity index (χ2v) is 13.4. The van der Waals surface area contributed by atoms with E-state index in [1.165, 1.54) is 0 Å². The number of nitrogens with zero attached hydrogens (tertiary/aromatic N) is 2. The maximum Gasteiger partial charge on any atom is 0.320 e. The number of hydrogen-bond donors (Lipinski definition) is 0. The first-order valence-electron chi connectivity index (χ1n) is 12.9. The molecule has 1 aliphatic heterocycles. The standard InChI is InChI=1S/C32H32N2O2Si/c1-4-32(26-17-9-5-10-18-26)30(35)34(31(36)33(32)25(2)3)37(27-19-11-6-12-20-27,28-21-13-7-14-22-28)29-23-15-8-16-24-29/h5-25H,4H2,1-3H3. The van der Waals surface area contributed by atoms with Crippen molar-refractivity contribution in [2.75, 3.05) is 0 Å². The van der Waals surface area contributed by atoms with Gasteiger partial charge in [-0.1, -0.05) is 128 Å². The number of rotatable bonds is 7. The second-order valence-electron chi connectivity index (χ2n) is 9.78. The molecule has 1 unspecified atom stereocenters. The van der Waals surface area contributed by atoms with Crippen molar-refractivity contribution in [1.82, 2.24) is 9.47 Å². The van der Waals surface area contributed by atoms with Crippen LogP contribution in [-0.2, 0) is 10.3 Å². The maximum atomic E-state index is 15.0. The minimum atomic E-state index is -3.35. The van der Waals surface area contributed by atoms with Gasteiger partial charge in [-0.15, -0.1) is 0 Å². The van der Waals surface area contributed by atoms with Crippen LogP contribution in [0.2, 0.25) is 0 Å². The van der Waals surface area contributed by atoms with Crippen molar-refractivity contribution in [2.24, 2.45) is 0 Å². The van der Waals surface area contributed by atoms with E-state index in [0.717, 1.165) is 21.1 Å². The van der Waals surface area contributed by atoms with Crippen LogP contribution in [-0.4, -0.2) is 35.7 Å². The molecule has 4 aromatic rings. The quantitative estimate of drug-likeness (QED) is 0.209. The van der Waals surface area contributed by atoms with Gasteiger partial charge in [-0.2, -0.15) is 0 Å². The zero-order valence-electron chi connectivity index (χ0n) is 21.5. The van der Waals surface area contributed by atoms with Gasteiger partial charge >= 0.3 is 6.03 Å². The lowest BCUT2D eigenvalue weighted by molar-refractivity contribution is -0.131. The molecular weight excluding hydrogens is 472 g/mol. The van der Waals surface area contributed by atoms with Gasteiger partial charge in [0.1, 0.15) is 5.54 Å². The summed E-state index contributed by atoms with van der Waals surface area (Å²) in [6, 6.07) is 39.7. The van der Waals surface area contributed by atoms with Crippen LogP contribution >= 0.6 is 0 Å². The van der Waals surface area contributed by atoms with E-state index in [-0.39, 0.29) is 18.0 Å². The Morgan fingerprint density at radius 1 is 0.649 bits per heavy atom. The molecule has 1 fully saturated rings. The van der Waals surface area contributed by atoms with Crippen LogP contribution < -0.4 is 15.6 Å². The van der Waals surface area contributed by atoms with E-state index in [9.17, 15) is 4.79 Å². The van der Waals surface area contributed by atoms with Crippen molar-refractivity contribution in [3.05, 3.63) is 127 Å². The number of imide groups is 1. The van der Waals surface area contributed by atoms with E-state index in [0.29, 0.717) is 6.42 Å². The fourth-order valence-electron chi connectivity index (χ4n) is 6.03. The van der Waals surface area contributed by atoms with Crippen molar-refractivity contribution in [2.45, 2.75) is 38.8 Å². The van der Waals surface area contributed by atoms with Crippen LogP contribution in [0.25, 0.3) is 0 Å². The number of carbonyl (C=O) groups excluding carboxylic acids is 2.